The predicted molar refractivity (Wildman–Crippen MR) is 69.0 cm³/mol. The van der Waals surface area contributed by atoms with Crippen molar-refractivity contribution in [1.82, 2.24) is 9.97 Å². The second kappa shape index (κ2) is 6.51. The summed E-state index contributed by atoms with van der Waals surface area (Å²) in [6.45, 7) is 7.87. The Balaban J connectivity index is 2.61. The fourth-order valence-electron chi connectivity index (χ4n) is 1.42. The molecule has 0 amide bonds. The highest BCUT2D eigenvalue weighted by Gasteiger charge is 2.07. The van der Waals surface area contributed by atoms with Crippen LogP contribution in [0.5, 0.6) is 0 Å². The Labute approximate surface area is 103 Å². The largest absolute Gasteiger partial charge is 0.377 e. The van der Waals surface area contributed by atoms with E-state index in [1.54, 1.807) is 0 Å². The van der Waals surface area contributed by atoms with Gasteiger partial charge in [0, 0.05) is 25.8 Å². The van der Waals surface area contributed by atoms with Crippen molar-refractivity contribution < 1.29 is 4.74 Å². The molecule has 0 aliphatic carbocycles. The molecular weight excluding hydrogens is 216 g/mol. The van der Waals surface area contributed by atoms with Gasteiger partial charge in [-0.25, -0.2) is 9.97 Å². The van der Waals surface area contributed by atoms with Gasteiger partial charge >= 0.3 is 0 Å². The Bertz CT molecular complexity index is 354. The number of ether oxygens (including phenoxy) is 1. The summed E-state index contributed by atoms with van der Waals surface area (Å²) in [5, 5.41) is 0. The molecule has 2 N–H and O–H groups in total. The molecule has 5 nitrogen and oxygen atoms in total. The normalized spacial score (nSPS) is 10.9. The minimum absolute atomic E-state index is 0.251. The summed E-state index contributed by atoms with van der Waals surface area (Å²) in [5.74, 6) is 0.706. The zero-order valence-electron chi connectivity index (χ0n) is 11.1. The van der Waals surface area contributed by atoms with E-state index in [1.807, 2.05) is 38.8 Å². The second-order valence-electron chi connectivity index (χ2n) is 4.35. The number of aromatic nitrogens is 2. The van der Waals surface area contributed by atoms with Gasteiger partial charge in [0.15, 0.2) is 0 Å². The van der Waals surface area contributed by atoms with Gasteiger partial charge in [-0.3, -0.25) is 0 Å². The summed E-state index contributed by atoms with van der Waals surface area (Å²) in [5.41, 5.74) is 7.40. The van der Waals surface area contributed by atoms with Crippen LogP contribution in [0.1, 0.15) is 25.2 Å². The number of hydrogen-bond donors (Lipinski definition) is 1. The van der Waals surface area contributed by atoms with Crippen LogP contribution in [0.15, 0.2) is 6.07 Å². The molecule has 0 spiro atoms. The number of aryl methyl sites for hydroxylation is 1. The average Bonchev–Trinajstić information content (AvgIpc) is 2.27. The predicted octanol–water partition coefficient (Wildman–Crippen LogP) is 1.10. The van der Waals surface area contributed by atoms with Gasteiger partial charge in [0.05, 0.1) is 18.4 Å². The number of rotatable bonds is 6. The lowest BCUT2D eigenvalue weighted by molar-refractivity contribution is 0.0844. The lowest BCUT2D eigenvalue weighted by Crippen LogP contribution is -2.26. The highest BCUT2D eigenvalue weighted by Crippen LogP contribution is 2.08. The van der Waals surface area contributed by atoms with Crippen molar-refractivity contribution in [3.63, 3.8) is 0 Å². The van der Waals surface area contributed by atoms with Gasteiger partial charge in [0.2, 0.25) is 5.95 Å². The first-order valence-electron chi connectivity index (χ1n) is 5.90. The first kappa shape index (κ1) is 13.9. The Morgan fingerprint density at radius 3 is 2.71 bits per heavy atom. The quantitative estimate of drug-likeness (QED) is 0.804. The zero-order valence-corrected chi connectivity index (χ0v) is 11.1. The lowest BCUT2D eigenvalue weighted by atomic mass is 10.3. The third-order valence-electron chi connectivity index (χ3n) is 2.32. The molecule has 0 bridgehead atoms. The summed E-state index contributed by atoms with van der Waals surface area (Å²) in [6, 6.07) is 1.90. The maximum Gasteiger partial charge on any atom is 0.225 e. The van der Waals surface area contributed by atoms with E-state index in [9.17, 15) is 0 Å². The maximum absolute atomic E-state index is 5.59. The molecule has 0 fully saturated rings. The Kier molecular flexibility index (Phi) is 5.31. The zero-order chi connectivity index (χ0) is 12.8. The average molecular weight is 238 g/mol. The molecular formula is C12H22N4O. The Morgan fingerprint density at radius 1 is 1.41 bits per heavy atom. The van der Waals surface area contributed by atoms with E-state index in [0.29, 0.717) is 19.1 Å². The number of nitrogens with two attached hydrogens (primary N) is 1. The van der Waals surface area contributed by atoms with Crippen molar-refractivity contribution >= 4 is 5.95 Å². The lowest BCUT2D eigenvalue weighted by Gasteiger charge is -2.18. The summed E-state index contributed by atoms with van der Waals surface area (Å²) in [7, 11) is 1.96. The summed E-state index contributed by atoms with van der Waals surface area (Å²) < 4.78 is 5.50. The van der Waals surface area contributed by atoms with Crippen molar-refractivity contribution in [2.75, 3.05) is 25.1 Å². The number of anilines is 1. The molecule has 17 heavy (non-hydrogen) atoms. The second-order valence-corrected chi connectivity index (χ2v) is 4.35. The molecule has 96 valence electrons. The number of nitrogens with zero attached hydrogens (tertiary/aromatic N) is 3. The molecule has 1 aromatic heterocycles. The Morgan fingerprint density at radius 2 is 2.12 bits per heavy atom. The van der Waals surface area contributed by atoms with Crippen LogP contribution >= 0.6 is 0 Å². The van der Waals surface area contributed by atoms with Crippen molar-refractivity contribution in [1.29, 1.82) is 0 Å². The van der Waals surface area contributed by atoms with Crippen molar-refractivity contribution in [3.8, 4) is 0 Å². The molecule has 0 saturated heterocycles. The molecule has 0 saturated carbocycles. The summed E-state index contributed by atoms with van der Waals surface area (Å²) in [6.07, 6.45) is 0.251. The highest BCUT2D eigenvalue weighted by atomic mass is 16.5. The topological polar surface area (TPSA) is 64.3 Å². The number of hydrogen-bond acceptors (Lipinski definition) is 5. The standard InChI is InChI=1S/C12H22N4O/c1-9(2)17-6-5-16(4)12-14-10(3)7-11(8-13)15-12/h7,9H,5-6,8,13H2,1-4H3. The first-order chi connectivity index (χ1) is 8.02. The van der Waals surface area contributed by atoms with E-state index in [4.69, 9.17) is 10.5 Å². The fraction of sp³-hybridized carbons (Fsp3) is 0.667. The van der Waals surface area contributed by atoms with Crippen LogP contribution in [0, 0.1) is 6.92 Å². The van der Waals surface area contributed by atoms with Gasteiger partial charge in [0.25, 0.3) is 0 Å². The molecule has 1 aromatic rings. The molecule has 1 heterocycles. The van der Waals surface area contributed by atoms with Crippen LogP contribution in [0.25, 0.3) is 0 Å². The van der Waals surface area contributed by atoms with Crippen molar-refractivity contribution in [2.24, 2.45) is 5.73 Å². The van der Waals surface area contributed by atoms with Crippen LogP contribution in [0.3, 0.4) is 0 Å². The van der Waals surface area contributed by atoms with E-state index in [-0.39, 0.29) is 6.10 Å². The van der Waals surface area contributed by atoms with Gasteiger partial charge in [-0.2, -0.15) is 0 Å². The fourth-order valence-corrected chi connectivity index (χ4v) is 1.42. The van der Waals surface area contributed by atoms with Gasteiger partial charge in [0.1, 0.15) is 0 Å². The molecule has 0 aliphatic rings. The van der Waals surface area contributed by atoms with Gasteiger partial charge in [-0.05, 0) is 26.8 Å². The highest BCUT2D eigenvalue weighted by molar-refractivity contribution is 5.31. The smallest absolute Gasteiger partial charge is 0.225 e. The van der Waals surface area contributed by atoms with E-state index in [2.05, 4.69) is 9.97 Å². The number of likely N-dealkylation sites (N-methyl/N-ethyl adjacent to an activating group) is 1. The summed E-state index contributed by atoms with van der Waals surface area (Å²) in [4.78, 5) is 10.7. The van der Waals surface area contributed by atoms with E-state index < -0.39 is 0 Å². The van der Waals surface area contributed by atoms with Crippen LogP contribution in [-0.4, -0.2) is 36.3 Å². The van der Waals surface area contributed by atoms with Gasteiger partial charge in [-0.15, -0.1) is 0 Å². The maximum atomic E-state index is 5.59. The SMILES string of the molecule is Cc1cc(CN)nc(N(C)CCOC(C)C)n1. The van der Waals surface area contributed by atoms with Crippen molar-refractivity contribution in [3.05, 3.63) is 17.5 Å². The van der Waals surface area contributed by atoms with Gasteiger partial charge in [-0.1, -0.05) is 0 Å². The van der Waals surface area contributed by atoms with E-state index in [0.717, 1.165) is 17.9 Å². The summed E-state index contributed by atoms with van der Waals surface area (Å²) >= 11 is 0. The monoisotopic (exact) mass is 238 g/mol. The van der Waals surface area contributed by atoms with E-state index in [1.165, 1.54) is 0 Å². The third-order valence-corrected chi connectivity index (χ3v) is 2.32. The third kappa shape index (κ3) is 4.66. The van der Waals surface area contributed by atoms with Gasteiger partial charge < -0.3 is 15.4 Å². The Hall–Kier alpha value is -1.20. The molecule has 0 unspecified atom stereocenters. The molecule has 0 aromatic carbocycles. The minimum Gasteiger partial charge on any atom is -0.377 e. The first-order valence-corrected chi connectivity index (χ1v) is 5.90. The van der Waals surface area contributed by atoms with Crippen molar-refractivity contribution in [2.45, 2.75) is 33.4 Å². The molecule has 0 aliphatic heterocycles. The molecule has 5 heteroatoms. The van der Waals surface area contributed by atoms with Crippen LogP contribution in [-0.2, 0) is 11.3 Å². The molecule has 0 atom stereocenters. The van der Waals surface area contributed by atoms with Crippen LogP contribution in [0.2, 0.25) is 0 Å². The van der Waals surface area contributed by atoms with E-state index >= 15 is 0 Å². The molecule has 0 radical (unpaired) electrons. The van der Waals surface area contributed by atoms with Crippen LogP contribution in [0.4, 0.5) is 5.95 Å². The minimum atomic E-state index is 0.251. The molecule has 1 rings (SSSR count). The van der Waals surface area contributed by atoms with Crippen LogP contribution < -0.4 is 10.6 Å².